The zero-order valence-corrected chi connectivity index (χ0v) is 37.7. The molecule has 0 aliphatic heterocycles. The molecule has 320 valence electrons. The molecular weight excluding hydrogens is 861 g/mol. The van der Waals surface area contributed by atoms with Crippen molar-refractivity contribution in [2.24, 2.45) is 0 Å². The molecule has 4 aromatic heterocycles. The molecule has 0 atom stereocenters. The second-order valence-electron chi connectivity index (χ2n) is 17.9. The topological polar surface area (TPSA) is 56.7 Å². The van der Waals surface area contributed by atoms with Crippen LogP contribution in [-0.4, -0.2) is 19.5 Å². The predicted molar refractivity (Wildman–Crippen MR) is 289 cm³/mol. The first-order chi connectivity index (χ1) is 34.2. The van der Waals surface area contributed by atoms with Gasteiger partial charge >= 0.3 is 0 Å². The summed E-state index contributed by atoms with van der Waals surface area (Å²) < 4.78 is 12.2. The summed E-state index contributed by atoms with van der Waals surface area (Å²) in [6, 6.07) is 78.1. The molecule has 0 radical (unpaired) electrons. The molecule has 0 saturated carbocycles. The zero-order valence-electron chi connectivity index (χ0n) is 36.9. The molecule has 0 aliphatic carbocycles. The van der Waals surface area contributed by atoms with E-state index >= 15 is 0 Å². The molecule has 6 heteroatoms. The van der Waals surface area contributed by atoms with Gasteiger partial charge in [-0.25, -0.2) is 15.0 Å². The van der Waals surface area contributed by atoms with E-state index < -0.39 is 0 Å². The minimum absolute atomic E-state index is 0.540. The van der Waals surface area contributed by atoms with Crippen molar-refractivity contribution in [2.75, 3.05) is 0 Å². The molecule has 0 bridgehead atoms. The minimum atomic E-state index is 0.540. The molecular formula is C63H36N4OS. The van der Waals surface area contributed by atoms with Crippen molar-refractivity contribution in [1.82, 2.24) is 19.5 Å². The molecule has 0 unspecified atom stereocenters. The second-order valence-corrected chi connectivity index (χ2v) is 19.0. The number of furan rings is 1. The number of hydrogen-bond donors (Lipinski definition) is 0. The Bertz CT molecular complexity index is 4510. The number of fused-ring (bicyclic) bond motifs is 13. The summed E-state index contributed by atoms with van der Waals surface area (Å²) in [5, 5.41) is 13.9. The second kappa shape index (κ2) is 14.8. The molecule has 0 fully saturated rings. The predicted octanol–water partition coefficient (Wildman–Crippen LogP) is 17.4. The van der Waals surface area contributed by atoms with E-state index in [1.807, 2.05) is 6.07 Å². The first-order valence-corrected chi connectivity index (χ1v) is 24.1. The van der Waals surface area contributed by atoms with Crippen molar-refractivity contribution < 1.29 is 4.42 Å². The largest absolute Gasteiger partial charge is 0.455 e. The molecule has 5 nitrogen and oxygen atoms in total. The maximum Gasteiger partial charge on any atom is 0.167 e. The van der Waals surface area contributed by atoms with E-state index in [-0.39, 0.29) is 0 Å². The highest BCUT2D eigenvalue weighted by Gasteiger charge is 2.25. The highest BCUT2D eigenvalue weighted by atomic mass is 32.1. The van der Waals surface area contributed by atoms with Gasteiger partial charge in [0.15, 0.2) is 17.5 Å². The van der Waals surface area contributed by atoms with Gasteiger partial charge in [0.05, 0.1) is 27.7 Å². The van der Waals surface area contributed by atoms with Crippen LogP contribution in [0.1, 0.15) is 0 Å². The van der Waals surface area contributed by atoms with Crippen LogP contribution in [0.4, 0.5) is 0 Å². The number of hydrogen-bond acceptors (Lipinski definition) is 5. The average Bonchev–Trinajstić information content (AvgIpc) is 4.09. The third-order valence-corrected chi connectivity index (χ3v) is 15.1. The Labute approximate surface area is 398 Å². The first-order valence-electron chi connectivity index (χ1n) is 23.2. The molecule has 15 rings (SSSR count). The van der Waals surface area contributed by atoms with Crippen LogP contribution >= 0.6 is 11.3 Å². The van der Waals surface area contributed by atoms with E-state index in [2.05, 4.69) is 217 Å². The van der Waals surface area contributed by atoms with Crippen molar-refractivity contribution in [1.29, 1.82) is 0 Å². The van der Waals surface area contributed by atoms with Crippen LogP contribution < -0.4 is 0 Å². The summed E-state index contributed by atoms with van der Waals surface area (Å²) in [5.41, 5.74) is 9.72. The van der Waals surface area contributed by atoms with Gasteiger partial charge in [-0.05, 0) is 92.7 Å². The number of thiophene rings is 1. The van der Waals surface area contributed by atoms with E-state index in [0.717, 1.165) is 77.2 Å². The fraction of sp³-hybridized carbons (Fsp3) is 0. The van der Waals surface area contributed by atoms with Gasteiger partial charge in [-0.3, -0.25) is 0 Å². The molecule has 0 aliphatic rings. The summed E-state index contributed by atoms with van der Waals surface area (Å²) in [6.45, 7) is 0. The zero-order chi connectivity index (χ0) is 45.2. The van der Waals surface area contributed by atoms with Crippen LogP contribution in [0.15, 0.2) is 223 Å². The lowest BCUT2D eigenvalue weighted by molar-refractivity contribution is 0.673. The monoisotopic (exact) mass is 896 g/mol. The van der Waals surface area contributed by atoms with Gasteiger partial charge < -0.3 is 8.98 Å². The fourth-order valence-electron chi connectivity index (χ4n) is 10.7. The summed E-state index contributed by atoms with van der Waals surface area (Å²) >= 11 is 1.79. The van der Waals surface area contributed by atoms with Crippen molar-refractivity contribution in [3.63, 3.8) is 0 Å². The fourth-order valence-corrected chi connectivity index (χ4v) is 11.8. The minimum Gasteiger partial charge on any atom is -0.455 e. The standard InChI is InChI=1S/C63H36N4OS/c1-2-12-37(13-3-1)38-22-24-40(25-23-38)61-64-62(45-27-28-48-47-20-10-11-21-56(47)69-57(48)36-45)66-63(65-61)50-30-31-53(58-49-29-26-39-14-8-9-19-46(39)59(49)68-60(50)58)67-54-34-43-17-6-4-15-41(43)32-51(54)52-33-42-16-5-7-18-44(42)35-55(52)67/h1-36H. The lowest BCUT2D eigenvalue weighted by atomic mass is 10.0. The maximum absolute atomic E-state index is 7.29. The van der Waals surface area contributed by atoms with Crippen molar-refractivity contribution in [2.45, 2.75) is 0 Å². The molecule has 0 N–H and O–H groups in total. The Morgan fingerprint density at radius 2 is 0.870 bits per heavy atom. The molecule has 0 spiro atoms. The van der Waals surface area contributed by atoms with Crippen molar-refractivity contribution in [3.8, 4) is 51.0 Å². The molecule has 4 heterocycles. The number of rotatable bonds is 5. The van der Waals surface area contributed by atoms with Crippen LogP contribution in [0, 0.1) is 0 Å². The van der Waals surface area contributed by atoms with Gasteiger partial charge in [0.1, 0.15) is 11.2 Å². The highest BCUT2D eigenvalue weighted by molar-refractivity contribution is 7.25. The molecule has 69 heavy (non-hydrogen) atoms. The lowest BCUT2D eigenvalue weighted by Gasteiger charge is -2.13. The van der Waals surface area contributed by atoms with Gasteiger partial charge in [-0.1, -0.05) is 164 Å². The van der Waals surface area contributed by atoms with Crippen LogP contribution in [0.25, 0.3) is 147 Å². The van der Waals surface area contributed by atoms with E-state index in [1.54, 1.807) is 11.3 Å². The van der Waals surface area contributed by atoms with E-state index in [1.165, 1.54) is 52.5 Å². The summed E-state index contributed by atoms with van der Waals surface area (Å²) in [6.07, 6.45) is 0. The average molecular weight is 897 g/mol. The quantitative estimate of drug-likeness (QED) is 0.173. The molecule has 11 aromatic carbocycles. The Morgan fingerprint density at radius 3 is 1.59 bits per heavy atom. The van der Waals surface area contributed by atoms with Gasteiger partial charge in [0.25, 0.3) is 0 Å². The summed E-state index contributed by atoms with van der Waals surface area (Å²) in [7, 11) is 0. The van der Waals surface area contributed by atoms with Crippen LogP contribution in [0.3, 0.4) is 0 Å². The first kappa shape index (κ1) is 38.2. The van der Waals surface area contributed by atoms with Crippen molar-refractivity contribution >= 4 is 108 Å². The summed E-state index contributed by atoms with van der Waals surface area (Å²) in [5.74, 6) is 1.73. The van der Waals surface area contributed by atoms with Crippen LogP contribution in [0.5, 0.6) is 0 Å². The number of aromatic nitrogens is 4. The van der Waals surface area contributed by atoms with Gasteiger partial charge in [-0.2, -0.15) is 0 Å². The van der Waals surface area contributed by atoms with E-state index in [4.69, 9.17) is 19.4 Å². The maximum atomic E-state index is 7.29. The normalized spacial score (nSPS) is 12.1. The van der Waals surface area contributed by atoms with Gasteiger partial charge in [-0.15, -0.1) is 11.3 Å². The summed E-state index contributed by atoms with van der Waals surface area (Å²) in [4.78, 5) is 16.0. The smallest absolute Gasteiger partial charge is 0.167 e. The number of benzene rings is 11. The molecule has 0 saturated heterocycles. The third kappa shape index (κ3) is 5.92. The highest BCUT2D eigenvalue weighted by Crippen LogP contribution is 2.45. The molecule has 15 aromatic rings. The van der Waals surface area contributed by atoms with Crippen molar-refractivity contribution in [3.05, 3.63) is 218 Å². The Morgan fingerprint density at radius 1 is 0.333 bits per heavy atom. The van der Waals surface area contributed by atoms with E-state index in [0.29, 0.717) is 17.5 Å². The van der Waals surface area contributed by atoms with Gasteiger partial charge in [0.2, 0.25) is 0 Å². The third-order valence-electron chi connectivity index (χ3n) is 14.0. The Balaban J connectivity index is 1.02. The Hall–Kier alpha value is -8.97. The van der Waals surface area contributed by atoms with Gasteiger partial charge in [0, 0.05) is 52.8 Å². The Kier molecular flexibility index (Phi) is 8.17. The number of nitrogens with zero attached hydrogens (tertiary/aromatic N) is 4. The lowest BCUT2D eigenvalue weighted by Crippen LogP contribution is -2.01. The molecule has 0 amide bonds. The van der Waals surface area contributed by atoms with Crippen LogP contribution in [0.2, 0.25) is 0 Å². The van der Waals surface area contributed by atoms with Crippen LogP contribution in [-0.2, 0) is 0 Å². The SMILES string of the molecule is c1ccc(-c2ccc(-c3nc(-c4ccc5c(c4)sc4ccccc45)nc(-c4ccc(-n5c6cc7ccccc7cc6c6cc7ccccc7cc65)c5c4oc4c6ccccc6ccc45)n3)cc2)cc1. The van der Waals surface area contributed by atoms with E-state index in [9.17, 15) is 0 Å².